The molecule has 0 aromatic carbocycles. The Morgan fingerprint density at radius 2 is 2.33 bits per heavy atom. The van der Waals surface area contributed by atoms with Crippen LogP contribution in [0.4, 0.5) is 5.69 Å². The molecule has 1 fully saturated rings. The number of anilines is 1. The van der Waals surface area contributed by atoms with Crippen molar-refractivity contribution in [3.05, 3.63) is 22.2 Å². The van der Waals surface area contributed by atoms with E-state index in [1.807, 2.05) is 19.9 Å². The van der Waals surface area contributed by atoms with Crippen molar-refractivity contribution in [3.8, 4) is 0 Å². The Hall–Kier alpha value is -1.66. The molecule has 0 bridgehead atoms. The minimum Gasteiger partial charge on any atom is -0.397 e. The molecule has 0 radical (unpaired) electrons. The number of hydrogen-bond acceptors (Lipinski definition) is 5. The van der Waals surface area contributed by atoms with Gasteiger partial charge < -0.3 is 15.8 Å². The summed E-state index contributed by atoms with van der Waals surface area (Å²) in [7, 11) is 0. The monoisotopic (exact) mass is 305 g/mol. The van der Waals surface area contributed by atoms with Gasteiger partial charge in [0.1, 0.15) is 9.71 Å². The van der Waals surface area contributed by atoms with Crippen LogP contribution in [0.2, 0.25) is 0 Å². The summed E-state index contributed by atoms with van der Waals surface area (Å²) in [6.07, 6.45) is 1.93. The first kappa shape index (κ1) is 14.3. The zero-order chi connectivity index (χ0) is 15.0. The van der Waals surface area contributed by atoms with Crippen molar-refractivity contribution in [2.24, 2.45) is 0 Å². The van der Waals surface area contributed by atoms with E-state index in [0.717, 1.165) is 40.9 Å². The largest absolute Gasteiger partial charge is 0.397 e. The number of rotatable bonds is 2. The summed E-state index contributed by atoms with van der Waals surface area (Å²) in [5.74, 6) is -0.122. The summed E-state index contributed by atoms with van der Waals surface area (Å²) in [6.45, 7) is 5.30. The SMILES string of the molecule is Cc1cc(C)c2c(N)c(C(=O)NC3CCCOC3)sc2n1. The Morgan fingerprint density at radius 1 is 1.52 bits per heavy atom. The van der Waals surface area contributed by atoms with Crippen LogP contribution in [0.25, 0.3) is 10.2 Å². The van der Waals surface area contributed by atoms with Crippen molar-refractivity contribution in [1.29, 1.82) is 0 Å². The molecule has 2 aromatic heterocycles. The molecule has 1 saturated heterocycles. The number of aryl methyl sites for hydroxylation is 2. The molecular weight excluding hydrogens is 286 g/mol. The summed E-state index contributed by atoms with van der Waals surface area (Å²) in [6, 6.07) is 2.06. The first-order valence-corrected chi connectivity index (χ1v) is 7.92. The summed E-state index contributed by atoms with van der Waals surface area (Å²) in [5.41, 5.74) is 8.71. The van der Waals surface area contributed by atoms with Crippen LogP contribution in [0.1, 0.15) is 33.8 Å². The first-order valence-electron chi connectivity index (χ1n) is 7.11. The molecule has 1 unspecified atom stereocenters. The van der Waals surface area contributed by atoms with Gasteiger partial charge in [-0.15, -0.1) is 11.3 Å². The summed E-state index contributed by atoms with van der Waals surface area (Å²) < 4.78 is 5.39. The van der Waals surface area contributed by atoms with E-state index in [4.69, 9.17) is 10.5 Å². The van der Waals surface area contributed by atoms with Crippen LogP contribution >= 0.6 is 11.3 Å². The Bertz CT molecular complexity index is 690. The van der Waals surface area contributed by atoms with E-state index in [1.54, 1.807) is 0 Å². The van der Waals surface area contributed by atoms with Crippen LogP contribution in [0.5, 0.6) is 0 Å². The van der Waals surface area contributed by atoms with E-state index in [2.05, 4.69) is 10.3 Å². The molecule has 2 aromatic rings. The predicted molar refractivity (Wildman–Crippen MR) is 84.8 cm³/mol. The van der Waals surface area contributed by atoms with Crippen LogP contribution in [0, 0.1) is 13.8 Å². The molecule has 0 spiro atoms. The van der Waals surface area contributed by atoms with E-state index in [-0.39, 0.29) is 11.9 Å². The van der Waals surface area contributed by atoms with Gasteiger partial charge in [0, 0.05) is 17.7 Å². The maximum atomic E-state index is 12.4. The molecule has 1 aliphatic rings. The third-order valence-corrected chi connectivity index (χ3v) is 4.82. The minimum absolute atomic E-state index is 0.0756. The van der Waals surface area contributed by atoms with Crippen molar-refractivity contribution in [2.75, 3.05) is 18.9 Å². The van der Waals surface area contributed by atoms with Crippen LogP contribution < -0.4 is 11.1 Å². The molecule has 0 saturated carbocycles. The van der Waals surface area contributed by atoms with Crippen LogP contribution in [0.3, 0.4) is 0 Å². The molecule has 112 valence electrons. The van der Waals surface area contributed by atoms with Crippen molar-refractivity contribution < 1.29 is 9.53 Å². The van der Waals surface area contributed by atoms with Crippen LogP contribution in [-0.2, 0) is 4.74 Å². The van der Waals surface area contributed by atoms with Crippen LogP contribution in [0.15, 0.2) is 6.07 Å². The summed E-state index contributed by atoms with van der Waals surface area (Å²) >= 11 is 1.36. The second kappa shape index (κ2) is 5.61. The van der Waals surface area contributed by atoms with Gasteiger partial charge in [-0.1, -0.05) is 0 Å². The zero-order valence-corrected chi connectivity index (χ0v) is 13.0. The number of fused-ring (bicyclic) bond motifs is 1. The number of thiophene rings is 1. The lowest BCUT2D eigenvalue weighted by atomic mass is 10.1. The van der Waals surface area contributed by atoms with Crippen LogP contribution in [-0.4, -0.2) is 30.1 Å². The van der Waals surface area contributed by atoms with Gasteiger partial charge in [0.15, 0.2) is 0 Å². The molecule has 1 atom stereocenters. The minimum atomic E-state index is -0.122. The van der Waals surface area contributed by atoms with Gasteiger partial charge >= 0.3 is 0 Å². The highest BCUT2D eigenvalue weighted by atomic mass is 32.1. The van der Waals surface area contributed by atoms with Crippen molar-refractivity contribution >= 4 is 33.1 Å². The smallest absolute Gasteiger partial charge is 0.263 e. The zero-order valence-electron chi connectivity index (χ0n) is 12.2. The van der Waals surface area contributed by atoms with Gasteiger partial charge in [-0.3, -0.25) is 4.79 Å². The normalized spacial score (nSPS) is 18.9. The van der Waals surface area contributed by atoms with E-state index >= 15 is 0 Å². The topological polar surface area (TPSA) is 77.2 Å². The number of nitrogen functional groups attached to an aromatic ring is 1. The number of ether oxygens (including phenoxy) is 1. The molecule has 0 aliphatic carbocycles. The Balaban J connectivity index is 1.91. The number of carbonyl (C=O) groups is 1. The average molecular weight is 305 g/mol. The molecule has 6 heteroatoms. The van der Waals surface area contributed by atoms with Gasteiger partial charge in [0.2, 0.25) is 0 Å². The van der Waals surface area contributed by atoms with E-state index in [9.17, 15) is 4.79 Å². The first-order chi connectivity index (χ1) is 10.1. The van der Waals surface area contributed by atoms with Crippen molar-refractivity contribution in [2.45, 2.75) is 32.7 Å². The second-order valence-electron chi connectivity index (χ2n) is 5.49. The maximum Gasteiger partial charge on any atom is 0.263 e. The average Bonchev–Trinajstić information content (AvgIpc) is 2.77. The predicted octanol–water partition coefficient (Wildman–Crippen LogP) is 2.40. The fourth-order valence-corrected chi connectivity index (χ4v) is 3.86. The maximum absolute atomic E-state index is 12.4. The number of hydrogen-bond donors (Lipinski definition) is 2. The number of aromatic nitrogens is 1. The summed E-state index contributed by atoms with van der Waals surface area (Å²) in [4.78, 5) is 18.3. The highest BCUT2D eigenvalue weighted by Crippen LogP contribution is 2.35. The Morgan fingerprint density at radius 3 is 3.05 bits per heavy atom. The summed E-state index contributed by atoms with van der Waals surface area (Å²) in [5, 5.41) is 3.91. The van der Waals surface area contributed by atoms with Gasteiger partial charge in [-0.25, -0.2) is 4.98 Å². The highest BCUT2D eigenvalue weighted by molar-refractivity contribution is 7.21. The molecule has 3 N–H and O–H groups in total. The van der Waals surface area contributed by atoms with E-state index < -0.39 is 0 Å². The van der Waals surface area contributed by atoms with Gasteiger partial charge in [-0.2, -0.15) is 0 Å². The molecule has 21 heavy (non-hydrogen) atoms. The lowest BCUT2D eigenvalue weighted by Crippen LogP contribution is -2.40. The fraction of sp³-hybridized carbons (Fsp3) is 0.467. The molecule has 1 aliphatic heterocycles. The Kier molecular flexibility index (Phi) is 3.82. The lowest BCUT2D eigenvalue weighted by molar-refractivity contribution is 0.0626. The molecule has 3 heterocycles. The molecule has 5 nitrogen and oxygen atoms in total. The van der Waals surface area contributed by atoms with Gasteiger partial charge in [0.25, 0.3) is 5.91 Å². The number of nitrogens with zero attached hydrogens (tertiary/aromatic N) is 1. The van der Waals surface area contributed by atoms with E-state index in [0.29, 0.717) is 17.2 Å². The Labute approximate surface area is 127 Å². The van der Waals surface area contributed by atoms with Crippen molar-refractivity contribution in [3.63, 3.8) is 0 Å². The number of carbonyl (C=O) groups excluding carboxylic acids is 1. The molecule has 3 rings (SSSR count). The third-order valence-electron chi connectivity index (χ3n) is 3.73. The van der Waals surface area contributed by atoms with Crippen molar-refractivity contribution in [1.82, 2.24) is 10.3 Å². The fourth-order valence-electron chi connectivity index (χ4n) is 2.74. The highest BCUT2D eigenvalue weighted by Gasteiger charge is 2.22. The molecular formula is C15H19N3O2S. The second-order valence-corrected chi connectivity index (χ2v) is 6.49. The number of amides is 1. The van der Waals surface area contributed by atoms with Gasteiger partial charge in [-0.05, 0) is 38.3 Å². The number of nitrogens with one attached hydrogen (secondary N) is 1. The lowest BCUT2D eigenvalue weighted by Gasteiger charge is -2.22. The number of pyridine rings is 1. The quantitative estimate of drug-likeness (QED) is 0.893. The van der Waals surface area contributed by atoms with Gasteiger partial charge in [0.05, 0.1) is 18.3 Å². The van der Waals surface area contributed by atoms with E-state index in [1.165, 1.54) is 11.3 Å². The standard InChI is InChI=1S/C15H19N3O2S/c1-8-6-9(2)17-15-11(8)12(16)13(21-15)14(19)18-10-4-3-5-20-7-10/h6,10H,3-5,7,16H2,1-2H3,(H,18,19). The third kappa shape index (κ3) is 2.73. The number of nitrogens with two attached hydrogens (primary N) is 1. The molecule has 1 amide bonds.